The molecule has 0 aromatic carbocycles. The number of hydrogen-bond donors (Lipinski definition) is 1. The Morgan fingerprint density at radius 2 is 1.94 bits per heavy atom. The van der Waals surface area contributed by atoms with Crippen LogP contribution in [0.25, 0.3) is 0 Å². The van der Waals surface area contributed by atoms with Gasteiger partial charge in [0.2, 0.25) is 0 Å². The molecular weight excluding hydrogens is 216 g/mol. The van der Waals surface area contributed by atoms with Gasteiger partial charge in [0.25, 0.3) is 0 Å². The minimum Gasteiger partial charge on any atom is -0.310 e. The SMILES string of the molecule is CC(C)NCc1ccc(CN2CCCC2)s1. The summed E-state index contributed by atoms with van der Waals surface area (Å²) in [5.74, 6) is 0. The average Bonchev–Trinajstić information content (AvgIpc) is 2.87. The third-order valence-electron chi connectivity index (χ3n) is 2.98. The molecule has 0 radical (unpaired) electrons. The molecule has 16 heavy (non-hydrogen) atoms. The lowest BCUT2D eigenvalue weighted by Gasteiger charge is -2.12. The van der Waals surface area contributed by atoms with Crippen molar-refractivity contribution < 1.29 is 0 Å². The van der Waals surface area contributed by atoms with E-state index in [1.165, 1.54) is 35.7 Å². The lowest BCUT2D eigenvalue weighted by atomic mass is 10.3. The smallest absolute Gasteiger partial charge is 0.0328 e. The quantitative estimate of drug-likeness (QED) is 0.848. The van der Waals surface area contributed by atoms with Crippen molar-refractivity contribution in [2.24, 2.45) is 0 Å². The average molecular weight is 238 g/mol. The summed E-state index contributed by atoms with van der Waals surface area (Å²) in [6, 6.07) is 5.13. The Labute approximate surface area is 103 Å². The highest BCUT2D eigenvalue weighted by molar-refractivity contribution is 7.11. The Morgan fingerprint density at radius 1 is 1.25 bits per heavy atom. The van der Waals surface area contributed by atoms with E-state index in [2.05, 4.69) is 36.2 Å². The Kier molecular flexibility index (Phi) is 4.38. The summed E-state index contributed by atoms with van der Waals surface area (Å²) < 4.78 is 0. The molecule has 0 amide bonds. The Bertz CT molecular complexity index is 313. The summed E-state index contributed by atoms with van der Waals surface area (Å²) in [7, 11) is 0. The molecule has 3 heteroatoms. The van der Waals surface area contributed by atoms with Gasteiger partial charge in [0.15, 0.2) is 0 Å². The van der Waals surface area contributed by atoms with Crippen molar-refractivity contribution in [2.75, 3.05) is 13.1 Å². The number of nitrogens with one attached hydrogen (secondary N) is 1. The highest BCUT2D eigenvalue weighted by Crippen LogP contribution is 2.20. The van der Waals surface area contributed by atoms with E-state index in [-0.39, 0.29) is 0 Å². The molecule has 0 unspecified atom stereocenters. The van der Waals surface area contributed by atoms with Gasteiger partial charge in [0.05, 0.1) is 0 Å². The molecule has 2 nitrogen and oxygen atoms in total. The van der Waals surface area contributed by atoms with Gasteiger partial charge in [-0.1, -0.05) is 13.8 Å². The van der Waals surface area contributed by atoms with Crippen LogP contribution in [0.4, 0.5) is 0 Å². The highest BCUT2D eigenvalue weighted by Gasteiger charge is 2.12. The van der Waals surface area contributed by atoms with E-state index < -0.39 is 0 Å². The number of likely N-dealkylation sites (tertiary alicyclic amines) is 1. The Hall–Kier alpha value is -0.380. The van der Waals surface area contributed by atoms with Crippen LogP contribution in [0.5, 0.6) is 0 Å². The fraction of sp³-hybridized carbons (Fsp3) is 0.692. The van der Waals surface area contributed by atoms with Gasteiger partial charge < -0.3 is 5.32 Å². The van der Waals surface area contributed by atoms with Crippen LogP contribution in [-0.2, 0) is 13.1 Å². The fourth-order valence-corrected chi connectivity index (χ4v) is 3.08. The van der Waals surface area contributed by atoms with Gasteiger partial charge in [0, 0.05) is 28.9 Å². The maximum Gasteiger partial charge on any atom is 0.0328 e. The molecule has 2 rings (SSSR count). The molecule has 0 atom stereocenters. The van der Waals surface area contributed by atoms with E-state index in [0.29, 0.717) is 6.04 Å². The predicted octanol–water partition coefficient (Wildman–Crippen LogP) is 2.84. The van der Waals surface area contributed by atoms with E-state index in [4.69, 9.17) is 0 Å². The molecule has 1 N–H and O–H groups in total. The molecule has 90 valence electrons. The van der Waals surface area contributed by atoms with Crippen molar-refractivity contribution in [1.82, 2.24) is 10.2 Å². The predicted molar refractivity (Wildman–Crippen MR) is 70.8 cm³/mol. The van der Waals surface area contributed by atoms with Crippen LogP contribution in [0, 0.1) is 0 Å². The molecule has 0 bridgehead atoms. The van der Waals surface area contributed by atoms with E-state index in [1.54, 1.807) is 0 Å². The van der Waals surface area contributed by atoms with Gasteiger partial charge in [-0.15, -0.1) is 11.3 Å². The fourth-order valence-electron chi connectivity index (χ4n) is 2.07. The van der Waals surface area contributed by atoms with E-state index in [9.17, 15) is 0 Å². The molecule has 1 aliphatic rings. The van der Waals surface area contributed by atoms with Crippen molar-refractivity contribution in [2.45, 2.75) is 45.8 Å². The first-order chi connectivity index (χ1) is 7.74. The number of hydrogen-bond acceptors (Lipinski definition) is 3. The molecule has 0 spiro atoms. The summed E-state index contributed by atoms with van der Waals surface area (Å²) in [5.41, 5.74) is 0. The van der Waals surface area contributed by atoms with Crippen molar-refractivity contribution in [3.8, 4) is 0 Å². The van der Waals surface area contributed by atoms with Crippen molar-refractivity contribution >= 4 is 11.3 Å². The summed E-state index contributed by atoms with van der Waals surface area (Å²) in [6.45, 7) is 9.14. The molecule has 0 saturated carbocycles. The third-order valence-corrected chi connectivity index (χ3v) is 4.05. The summed E-state index contributed by atoms with van der Waals surface area (Å²) in [5, 5.41) is 3.47. The van der Waals surface area contributed by atoms with Crippen LogP contribution < -0.4 is 5.32 Å². The molecule has 1 saturated heterocycles. The van der Waals surface area contributed by atoms with Crippen LogP contribution in [-0.4, -0.2) is 24.0 Å². The zero-order valence-electron chi connectivity index (χ0n) is 10.3. The normalized spacial score (nSPS) is 17.4. The first-order valence-electron chi connectivity index (χ1n) is 6.27. The Balaban J connectivity index is 1.81. The van der Waals surface area contributed by atoms with Crippen LogP contribution in [0.3, 0.4) is 0 Å². The van der Waals surface area contributed by atoms with Crippen LogP contribution in [0.15, 0.2) is 12.1 Å². The monoisotopic (exact) mass is 238 g/mol. The van der Waals surface area contributed by atoms with Crippen molar-refractivity contribution in [3.63, 3.8) is 0 Å². The maximum absolute atomic E-state index is 3.47. The number of rotatable bonds is 5. The van der Waals surface area contributed by atoms with Crippen molar-refractivity contribution in [1.29, 1.82) is 0 Å². The molecule has 2 heterocycles. The van der Waals surface area contributed by atoms with Gasteiger partial charge in [-0.25, -0.2) is 0 Å². The zero-order valence-corrected chi connectivity index (χ0v) is 11.1. The lowest BCUT2D eigenvalue weighted by molar-refractivity contribution is 0.334. The molecule has 0 aliphatic carbocycles. The van der Waals surface area contributed by atoms with E-state index in [1.807, 2.05) is 11.3 Å². The van der Waals surface area contributed by atoms with Gasteiger partial charge in [-0.05, 0) is 38.1 Å². The lowest BCUT2D eigenvalue weighted by Crippen LogP contribution is -2.21. The van der Waals surface area contributed by atoms with Crippen LogP contribution >= 0.6 is 11.3 Å². The van der Waals surface area contributed by atoms with Gasteiger partial charge in [0.1, 0.15) is 0 Å². The first kappa shape index (κ1) is 12.1. The highest BCUT2D eigenvalue weighted by atomic mass is 32.1. The van der Waals surface area contributed by atoms with Gasteiger partial charge >= 0.3 is 0 Å². The minimum absolute atomic E-state index is 0.573. The standard InChI is InChI=1S/C13H22N2S/c1-11(2)14-9-12-5-6-13(16-12)10-15-7-3-4-8-15/h5-6,11,14H,3-4,7-10H2,1-2H3. The largest absolute Gasteiger partial charge is 0.310 e. The van der Waals surface area contributed by atoms with E-state index >= 15 is 0 Å². The molecule has 1 aromatic rings. The number of thiophene rings is 1. The number of nitrogens with zero attached hydrogens (tertiary/aromatic N) is 1. The van der Waals surface area contributed by atoms with Gasteiger partial charge in [-0.3, -0.25) is 4.90 Å². The summed E-state index contributed by atoms with van der Waals surface area (Å²) in [4.78, 5) is 5.54. The van der Waals surface area contributed by atoms with Crippen LogP contribution in [0.2, 0.25) is 0 Å². The first-order valence-corrected chi connectivity index (χ1v) is 7.09. The van der Waals surface area contributed by atoms with E-state index in [0.717, 1.165) is 13.1 Å². The van der Waals surface area contributed by atoms with Crippen LogP contribution in [0.1, 0.15) is 36.4 Å². The van der Waals surface area contributed by atoms with Crippen molar-refractivity contribution in [3.05, 3.63) is 21.9 Å². The summed E-state index contributed by atoms with van der Waals surface area (Å²) >= 11 is 1.96. The maximum atomic E-state index is 3.47. The molecule has 1 fully saturated rings. The second kappa shape index (κ2) is 5.80. The molecule has 1 aliphatic heterocycles. The second-order valence-corrected chi connectivity index (χ2v) is 6.14. The zero-order chi connectivity index (χ0) is 11.4. The van der Waals surface area contributed by atoms with Gasteiger partial charge in [-0.2, -0.15) is 0 Å². The Morgan fingerprint density at radius 3 is 2.62 bits per heavy atom. The topological polar surface area (TPSA) is 15.3 Å². The minimum atomic E-state index is 0.573. The third kappa shape index (κ3) is 3.58. The summed E-state index contributed by atoms with van der Waals surface area (Å²) in [6.07, 6.45) is 2.76. The second-order valence-electron chi connectivity index (χ2n) is 4.89. The molecule has 1 aromatic heterocycles. The molecular formula is C13H22N2S.